The predicted octanol–water partition coefficient (Wildman–Crippen LogP) is -0.620. The van der Waals surface area contributed by atoms with Gasteiger partial charge in [0.2, 0.25) is 0 Å². The van der Waals surface area contributed by atoms with E-state index in [2.05, 4.69) is 0 Å². The van der Waals surface area contributed by atoms with Crippen molar-refractivity contribution in [1.82, 2.24) is 0 Å². The van der Waals surface area contributed by atoms with Crippen LogP contribution in [0.1, 0.15) is 51.4 Å². The zero-order chi connectivity index (χ0) is 19.5. The van der Waals surface area contributed by atoms with Crippen molar-refractivity contribution in [2.75, 3.05) is 0 Å². The van der Waals surface area contributed by atoms with Crippen LogP contribution in [0.3, 0.4) is 0 Å². The van der Waals surface area contributed by atoms with E-state index in [1.807, 2.05) is 0 Å². The maximum Gasteiger partial charge on any atom is 0.631 e. The van der Waals surface area contributed by atoms with Gasteiger partial charge in [-0.25, -0.2) is 0 Å². The van der Waals surface area contributed by atoms with Crippen LogP contribution in [-0.2, 0) is 19.2 Å². The second kappa shape index (κ2) is 18.9. The third kappa shape index (κ3) is 50.2. The highest BCUT2D eigenvalue weighted by Crippen LogP contribution is 1.99. The summed E-state index contributed by atoms with van der Waals surface area (Å²) in [7, 11) is -2.17. The molecule has 0 unspecified atom stereocenters. The Hall–Kier alpha value is -2.18. The summed E-state index contributed by atoms with van der Waals surface area (Å²) >= 11 is 0. The van der Waals surface area contributed by atoms with Gasteiger partial charge in [0.15, 0.2) is 0 Å². The van der Waals surface area contributed by atoms with Crippen LogP contribution < -0.4 is 0 Å². The Morgan fingerprint density at radius 3 is 0.708 bits per heavy atom. The fraction of sp³-hybridized carbons (Fsp3) is 0.667. The third-order valence-electron chi connectivity index (χ3n) is 2.06. The third-order valence-corrected chi connectivity index (χ3v) is 2.06. The summed E-state index contributed by atoms with van der Waals surface area (Å²) in [6, 6.07) is 0. The molecule has 0 saturated carbocycles. The molecular formula is C12H23BO11. The van der Waals surface area contributed by atoms with E-state index >= 15 is 0 Å². The first-order valence-electron chi connectivity index (χ1n) is 6.90. The quantitative estimate of drug-likeness (QED) is 0.194. The highest BCUT2D eigenvalue weighted by Gasteiger charge is 1.99. The summed E-state index contributed by atoms with van der Waals surface area (Å²) in [6.07, 6.45) is 2.04. The number of unbranched alkanes of at least 4 members (excludes halogenated alkanes) is 2. The average Bonchev–Trinajstić information content (AvgIpc) is 2.39. The number of hydrogen-bond acceptors (Lipinski definition) is 7. The van der Waals surface area contributed by atoms with Crippen molar-refractivity contribution in [2.24, 2.45) is 0 Å². The van der Waals surface area contributed by atoms with E-state index in [1.54, 1.807) is 0 Å². The monoisotopic (exact) mass is 354 g/mol. The van der Waals surface area contributed by atoms with E-state index in [1.165, 1.54) is 0 Å². The van der Waals surface area contributed by atoms with E-state index in [0.717, 1.165) is 0 Å². The van der Waals surface area contributed by atoms with E-state index in [0.29, 0.717) is 25.7 Å². The Morgan fingerprint density at radius 1 is 0.500 bits per heavy atom. The van der Waals surface area contributed by atoms with Crippen LogP contribution in [0.15, 0.2) is 0 Å². The summed E-state index contributed by atoms with van der Waals surface area (Å²) in [6.45, 7) is 0. The van der Waals surface area contributed by atoms with Crippen molar-refractivity contribution in [3.8, 4) is 0 Å². The Bertz CT molecular complexity index is 303. The van der Waals surface area contributed by atoms with E-state index < -0.39 is 31.2 Å². The van der Waals surface area contributed by atoms with Crippen molar-refractivity contribution in [2.45, 2.75) is 51.4 Å². The second-order valence-corrected chi connectivity index (χ2v) is 4.34. The molecule has 0 saturated heterocycles. The Morgan fingerprint density at radius 2 is 0.625 bits per heavy atom. The molecule has 0 rings (SSSR count). The minimum absolute atomic E-state index is 0.0628. The average molecular weight is 354 g/mol. The molecule has 0 aromatic rings. The first-order valence-corrected chi connectivity index (χ1v) is 6.90. The molecule has 0 fully saturated rings. The highest BCUT2D eigenvalue weighted by atomic mass is 16.5. The zero-order valence-corrected chi connectivity index (χ0v) is 13.0. The molecule has 0 bridgehead atoms. The van der Waals surface area contributed by atoms with E-state index in [9.17, 15) is 19.2 Å². The maximum atomic E-state index is 9.90. The van der Waals surface area contributed by atoms with Crippen LogP contribution in [0.2, 0.25) is 0 Å². The van der Waals surface area contributed by atoms with E-state index in [-0.39, 0.29) is 25.7 Å². The van der Waals surface area contributed by atoms with Gasteiger partial charge in [0.1, 0.15) is 0 Å². The number of carbonyl (C=O) groups is 4. The lowest BCUT2D eigenvalue weighted by Crippen LogP contribution is -2.07. The van der Waals surface area contributed by atoms with Crippen LogP contribution in [0.25, 0.3) is 0 Å². The van der Waals surface area contributed by atoms with Gasteiger partial charge in [-0.2, -0.15) is 0 Å². The fourth-order valence-corrected chi connectivity index (χ4v) is 1.10. The number of rotatable bonds is 10. The first-order chi connectivity index (χ1) is 11.0. The molecule has 0 spiro atoms. The molecule has 11 nitrogen and oxygen atoms in total. The van der Waals surface area contributed by atoms with Crippen molar-refractivity contribution in [3.63, 3.8) is 0 Å². The van der Waals surface area contributed by atoms with Crippen LogP contribution in [-0.4, -0.2) is 66.7 Å². The molecule has 24 heavy (non-hydrogen) atoms. The summed E-state index contributed by atoms with van der Waals surface area (Å²) in [4.78, 5) is 39.6. The van der Waals surface area contributed by atoms with Gasteiger partial charge in [-0.05, 0) is 25.7 Å². The van der Waals surface area contributed by atoms with Crippen molar-refractivity contribution < 1.29 is 54.7 Å². The van der Waals surface area contributed by atoms with E-state index in [4.69, 9.17) is 35.5 Å². The van der Waals surface area contributed by atoms with Gasteiger partial charge in [0.25, 0.3) is 0 Å². The summed E-state index contributed by atoms with van der Waals surface area (Å²) in [5.41, 5.74) is 0. The molecule has 0 heterocycles. The normalized spacial score (nSPS) is 8.79. The van der Waals surface area contributed by atoms with Crippen molar-refractivity contribution >= 4 is 31.2 Å². The standard InChI is InChI=1S/2C6H10O4.BH3O3/c2*7-5(8)3-1-2-4-6(9)10;2-1(3)4/h2*1-4H2,(H,7,8)(H,9,10);2-4H. The molecular weight excluding hydrogens is 331 g/mol. The summed E-state index contributed by atoms with van der Waals surface area (Å²) in [5.74, 6) is -3.48. The Labute approximate surface area is 138 Å². The number of aliphatic carboxylic acids is 4. The fourth-order valence-electron chi connectivity index (χ4n) is 1.10. The number of carboxylic acids is 4. The van der Waals surface area contributed by atoms with Crippen molar-refractivity contribution in [1.29, 1.82) is 0 Å². The van der Waals surface area contributed by atoms with Gasteiger partial charge >= 0.3 is 31.2 Å². The van der Waals surface area contributed by atoms with Crippen LogP contribution in [0, 0.1) is 0 Å². The number of hydrogen-bond donors (Lipinski definition) is 7. The number of carboxylic acid groups (broad SMARTS) is 4. The van der Waals surface area contributed by atoms with Crippen LogP contribution >= 0.6 is 0 Å². The van der Waals surface area contributed by atoms with Gasteiger partial charge in [0.05, 0.1) is 0 Å². The lowest BCUT2D eigenvalue weighted by Gasteiger charge is -1.92. The van der Waals surface area contributed by atoms with Crippen LogP contribution in [0.4, 0.5) is 0 Å². The summed E-state index contributed by atoms with van der Waals surface area (Å²) in [5, 5.41) is 54.0. The minimum Gasteiger partial charge on any atom is -0.481 e. The van der Waals surface area contributed by atoms with Gasteiger partial charge in [-0.3, -0.25) is 19.2 Å². The van der Waals surface area contributed by atoms with Crippen LogP contribution in [0.5, 0.6) is 0 Å². The van der Waals surface area contributed by atoms with Gasteiger partial charge < -0.3 is 35.5 Å². The zero-order valence-electron chi connectivity index (χ0n) is 13.0. The molecule has 0 aliphatic rings. The summed E-state index contributed by atoms with van der Waals surface area (Å²) < 4.78 is 0. The minimum atomic E-state index is -2.17. The largest absolute Gasteiger partial charge is 0.631 e. The highest BCUT2D eigenvalue weighted by molar-refractivity contribution is 6.30. The molecule has 0 radical (unpaired) electrons. The second-order valence-electron chi connectivity index (χ2n) is 4.34. The maximum absolute atomic E-state index is 9.90. The predicted molar refractivity (Wildman–Crippen MR) is 79.9 cm³/mol. The molecule has 0 amide bonds. The van der Waals surface area contributed by atoms with Gasteiger partial charge in [0, 0.05) is 25.7 Å². The molecule has 12 heteroatoms. The van der Waals surface area contributed by atoms with Gasteiger partial charge in [-0.1, -0.05) is 0 Å². The molecule has 0 aliphatic carbocycles. The molecule has 0 atom stereocenters. The molecule has 140 valence electrons. The van der Waals surface area contributed by atoms with Gasteiger partial charge in [-0.15, -0.1) is 0 Å². The lowest BCUT2D eigenvalue weighted by atomic mass is 10.2. The molecule has 0 aliphatic heterocycles. The Kier molecular flexibility index (Phi) is 21.0. The van der Waals surface area contributed by atoms with Crippen molar-refractivity contribution in [3.05, 3.63) is 0 Å². The topological polar surface area (TPSA) is 210 Å². The molecule has 7 N–H and O–H groups in total. The SMILES string of the molecule is O=C(O)CCCCC(=O)O.O=C(O)CCCCC(=O)O.OB(O)O. The molecule has 0 aromatic carbocycles. The smallest absolute Gasteiger partial charge is 0.481 e. The molecule has 0 aromatic heterocycles. The lowest BCUT2D eigenvalue weighted by molar-refractivity contribution is -0.139. The Balaban J connectivity index is -0.000000301. The first kappa shape index (κ1) is 26.7.